The van der Waals surface area contributed by atoms with E-state index in [2.05, 4.69) is 4.90 Å². The van der Waals surface area contributed by atoms with Crippen LogP contribution in [0.2, 0.25) is 0 Å². The average Bonchev–Trinajstić information content (AvgIpc) is 0.774. The fourth-order valence-electron chi connectivity index (χ4n) is 21.5. The van der Waals surface area contributed by atoms with Crippen LogP contribution in [0.5, 0.6) is 0 Å². The van der Waals surface area contributed by atoms with Crippen LogP contribution in [-0.4, -0.2) is 393 Å². The Morgan fingerprint density at radius 2 is 0.791 bits per heavy atom. The Morgan fingerprint density at radius 3 is 1.14 bits per heavy atom. The standard InChI is InChI=1S/C51H88N2O16.C46H77NO17.C6H12/c1-13-38-35(27-63-50-47(62-12)46(61-11)42(57)31(5)65-50)23-28(2)17-18-36(54)29(3)24-34(19-22-53-20-15-14-16-21-53)44(30(4)37(55)25-39(56)67-38)69-49-43(58)41(52(9)10)45(32(6)66-49)68-40-26-51(8,60)48(59)33(7)64-40;1-13-33-30(22-58-45-42(57-12)41(56-11)37(52)26(5)60-45)18-23(2)14-15-31(49)24(3)19-29(16-17-48)39(25(4)32(50)20-34(51)62-33)64-44-38(53)36(47(9)10)40(27(6)61-44)63-35-21-46(8,55)43(54)28(7)59-35;1-2-4-6-5-3-1/h17-18,23,29-35,37-38,40-50,55,57-60H,13-16,19-22,24-27H2,1-12H3;14-15,17-18,24-30,32-33,35-45,50,52-55H,13,16,19-22H2,1-12H3;1-6H2/b18-17+,28-23+;15-14+,23-18+;. The zero-order valence-electron chi connectivity index (χ0n) is 87.3. The fraction of sp³-hybridized carbons (Fsp3) is 0.874. The van der Waals surface area contributed by atoms with Crippen molar-refractivity contribution < 1.29 is 160 Å². The van der Waals surface area contributed by atoms with E-state index in [1.54, 1.807) is 85.7 Å². The van der Waals surface area contributed by atoms with Crippen LogP contribution >= 0.6 is 0 Å². The van der Waals surface area contributed by atoms with E-state index < -0.39 is 267 Å². The van der Waals surface area contributed by atoms with Gasteiger partial charge in [-0.3, -0.25) is 19.2 Å². The fourth-order valence-corrected chi connectivity index (χ4v) is 21.5. The molecule has 0 bridgehead atoms. The second-order valence-corrected chi connectivity index (χ2v) is 41.9. The summed E-state index contributed by atoms with van der Waals surface area (Å²) in [6, 6.07) is -1.43. The lowest BCUT2D eigenvalue weighted by Gasteiger charge is -2.50. The first-order valence-electron chi connectivity index (χ1n) is 51.1. The molecule has 0 amide bonds. The summed E-state index contributed by atoms with van der Waals surface area (Å²) in [7, 11) is 13.0. The third-order valence-corrected chi connectivity index (χ3v) is 30.2. The van der Waals surface area contributed by atoms with Crippen LogP contribution in [0.25, 0.3) is 0 Å². The summed E-state index contributed by atoms with van der Waals surface area (Å²) in [5, 5.41) is 112. The quantitative estimate of drug-likeness (QED) is 0.0285. The third kappa shape index (κ3) is 33.4. The topological polar surface area (TPSA) is 464 Å². The third-order valence-electron chi connectivity index (χ3n) is 30.2. The van der Waals surface area contributed by atoms with Gasteiger partial charge in [-0.25, -0.2) is 0 Å². The van der Waals surface area contributed by atoms with Gasteiger partial charge in [0.15, 0.2) is 49.3 Å². The number of likely N-dealkylation sites (tertiary alicyclic amines) is 1. The molecule has 0 radical (unpaired) electrons. The molecule has 0 spiro atoms. The van der Waals surface area contributed by atoms with Gasteiger partial charge >= 0.3 is 11.9 Å². The Morgan fingerprint density at radius 1 is 0.439 bits per heavy atom. The van der Waals surface area contributed by atoms with E-state index in [1.807, 2.05) is 79.6 Å². The van der Waals surface area contributed by atoms with Crippen LogP contribution in [0.4, 0.5) is 0 Å². The monoisotopic (exact) mass is 1980 g/mol. The second-order valence-electron chi connectivity index (χ2n) is 41.9. The zero-order valence-corrected chi connectivity index (χ0v) is 87.3. The lowest BCUT2D eigenvalue weighted by molar-refractivity contribution is -0.342. The number of ketones is 2. The SMILES string of the molecule is C1CCCCC1.CCC1OC(=O)CC(O)C(C)C(OC2OC(C)C(OC3CC(C)(O)C(O)C(C)O3)C(N(C)C)C2O)C(CC=O)CC(C)C(=O)/C=C/C(C)=C/C1COC1OC(C)C(O)C(OC)C1OC.CCC1OC(=O)CC(O)C(C)C(OC2OC(C)C(OC3CC(C)(O)C(O)C(C)O3)C(N(C)C)C2O)C(CCN2CCCCC2)CC(C)C(=O)/C=C/C(C)=C/C1COC1OC(C)C(O)C(OC)C1OC. The Balaban J connectivity index is 0.000000321. The van der Waals surface area contributed by atoms with Crippen molar-refractivity contribution in [3.8, 4) is 0 Å². The van der Waals surface area contributed by atoms with Gasteiger partial charge in [-0.15, -0.1) is 0 Å². The molecule has 9 aliphatic heterocycles. The average molecular weight is 1990 g/mol. The lowest BCUT2D eigenvalue weighted by Crippen LogP contribution is -2.65. The Bertz CT molecular complexity index is 3780. The molecular formula is C103H177N3O33. The number of rotatable bonds is 27. The van der Waals surface area contributed by atoms with E-state index in [-0.39, 0.29) is 62.8 Å². The molecule has 0 aromatic rings. The Kier molecular flexibility index (Phi) is 49.0. The second kappa shape index (κ2) is 56.8. The van der Waals surface area contributed by atoms with Crippen molar-refractivity contribution in [3.05, 3.63) is 47.6 Å². The van der Waals surface area contributed by atoms with Gasteiger partial charge in [0, 0.05) is 83.2 Å². The number of ether oxygens (including phenoxy) is 18. The molecule has 42 unspecified atom stereocenters. The van der Waals surface area contributed by atoms with E-state index in [0.29, 0.717) is 31.3 Å². The highest BCUT2D eigenvalue weighted by Gasteiger charge is 2.56. The molecule has 10 aliphatic rings. The highest BCUT2D eigenvalue weighted by Crippen LogP contribution is 2.43. The summed E-state index contributed by atoms with van der Waals surface area (Å²) in [6.07, 6.45) is -3.17. The molecule has 0 aromatic heterocycles. The van der Waals surface area contributed by atoms with Crippen LogP contribution in [0.15, 0.2) is 47.6 Å². The lowest BCUT2D eigenvalue weighted by atomic mass is 9.79. The highest BCUT2D eigenvalue weighted by molar-refractivity contribution is 5.92. The van der Waals surface area contributed by atoms with Gasteiger partial charge in [0.2, 0.25) is 0 Å². The molecule has 36 heteroatoms. The predicted molar refractivity (Wildman–Crippen MR) is 513 cm³/mol. The molecule has 36 nitrogen and oxygen atoms in total. The number of esters is 2. The predicted octanol–water partition coefficient (Wildman–Crippen LogP) is 7.29. The number of hydrogen-bond acceptors (Lipinski definition) is 36. The van der Waals surface area contributed by atoms with Crippen molar-refractivity contribution in [3.63, 3.8) is 0 Å². The minimum Gasteiger partial charge on any atom is -0.462 e. The molecule has 0 aromatic carbocycles. The van der Waals surface area contributed by atoms with E-state index >= 15 is 0 Å². The maximum atomic E-state index is 14.1. The number of aliphatic hydroxyl groups is 10. The first-order chi connectivity index (χ1) is 65.7. The van der Waals surface area contributed by atoms with Crippen molar-refractivity contribution >= 4 is 29.8 Å². The molecule has 8 fully saturated rings. The normalized spacial score (nSPS) is 44.6. The van der Waals surface area contributed by atoms with E-state index in [4.69, 9.17) is 85.3 Å². The maximum Gasteiger partial charge on any atom is 0.308 e. The zero-order chi connectivity index (χ0) is 103. The molecule has 7 saturated heterocycles. The largest absolute Gasteiger partial charge is 0.462 e. The minimum absolute atomic E-state index is 0.00347. The smallest absolute Gasteiger partial charge is 0.308 e. The van der Waals surface area contributed by atoms with Crippen LogP contribution in [0.3, 0.4) is 0 Å². The number of methoxy groups -OCH3 is 4. The van der Waals surface area contributed by atoms with Crippen LogP contribution in [0, 0.1) is 47.3 Å². The number of carbonyl (C=O) groups excluding carboxylic acids is 5. The van der Waals surface area contributed by atoms with Gasteiger partial charge in [-0.05, 0) is 186 Å². The molecule has 9 heterocycles. The number of piperidine rings is 1. The van der Waals surface area contributed by atoms with Crippen molar-refractivity contribution in [1.29, 1.82) is 0 Å². The van der Waals surface area contributed by atoms with Crippen LogP contribution in [-0.2, 0) is 109 Å². The van der Waals surface area contributed by atoms with Gasteiger partial charge in [0.25, 0.3) is 0 Å². The number of carbonyl (C=O) groups is 5. The minimum atomic E-state index is -1.49. The molecule has 10 rings (SSSR count). The number of allylic oxidation sites excluding steroid dienone is 6. The van der Waals surface area contributed by atoms with Gasteiger partial charge in [-0.1, -0.05) is 122 Å². The molecule has 139 heavy (non-hydrogen) atoms. The molecule has 10 N–H and O–H groups in total. The van der Waals surface area contributed by atoms with Gasteiger partial charge in [0.1, 0.15) is 91.7 Å². The highest BCUT2D eigenvalue weighted by atomic mass is 16.8. The number of aldehydes is 1. The molecule has 42 atom stereocenters. The van der Waals surface area contributed by atoms with Crippen molar-refractivity contribution in [1.82, 2.24) is 14.7 Å². The van der Waals surface area contributed by atoms with E-state index in [1.165, 1.54) is 93.3 Å². The maximum absolute atomic E-state index is 14.1. The van der Waals surface area contributed by atoms with Crippen LogP contribution in [0.1, 0.15) is 233 Å². The van der Waals surface area contributed by atoms with Gasteiger partial charge < -0.3 is 156 Å². The number of cyclic esters (lactones) is 2. The number of likely N-dealkylation sites (N-methyl/N-ethyl adjacent to an activating group) is 2. The Labute approximate surface area is 825 Å². The molecular weight excluding hydrogens is 1810 g/mol. The summed E-state index contributed by atoms with van der Waals surface area (Å²) >= 11 is 0. The summed E-state index contributed by atoms with van der Waals surface area (Å²) in [5.74, 6) is -6.31. The summed E-state index contributed by atoms with van der Waals surface area (Å²) in [4.78, 5) is 73.9. The first-order valence-corrected chi connectivity index (χ1v) is 51.1. The molecule has 1 aliphatic carbocycles. The summed E-state index contributed by atoms with van der Waals surface area (Å²) < 4.78 is 110. The summed E-state index contributed by atoms with van der Waals surface area (Å²) in [6.45, 7) is 30.5. The number of nitrogens with zero attached hydrogens (tertiary/aromatic N) is 3. The molecule has 802 valence electrons. The summed E-state index contributed by atoms with van der Waals surface area (Å²) in [5.41, 5.74) is -1.53. The molecule has 1 saturated carbocycles. The van der Waals surface area contributed by atoms with Gasteiger partial charge in [0.05, 0.1) is 110 Å². The first kappa shape index (κ1) is 120. The Hall–Kier alpha value is -4.25. The van der Waals surface area contributed by atoms with E-state index in [0.717, 1.165) is 44.3 Å². The van der Waals surface area contributed by atoms with Crippen LogP contribution < -0.4 is 0 Å². The van der Waals surface area contributed by atoms with Crippen molar-refractivity contribution in [2.45, 2.75) is 440 Å². The van der Waals surface area contributed by atoms with Crippen molar-refractivity contribution in [2.24, 2.45) is 47.3 Å². The van der Waals surface area contributed by atoms with Gasteiger partial charge in [-0.2, -0.15) is 0 Å². The number of hydrogen-bond donors (Lipinski definition) is 10. The van der Waals surface area contributed by atoms with E-state index in [9.17, 15) is 75.0 Å². The van der Waals surface area contributed by atoms with Crippen molar-refractivity contribution in [2.75, 3.05) is 89.5 Å². The number of aliphatic hydroxyl groups excluding tert-OH is 8.